The zero-order chi connectivity index (χ0) is 11.7. The van der Waals surface area contributed by atoms with Crippen molar-refractivity contribution >= 4 is 12.2 Å². The molecule has 2 aliphatic rings. The molecule has 2 bridgehead atoms. The van der Waals surface area contributed by atoms with Crippen LogP contribution >= 0.6 is 0 Å². The summed E-state index contributed by atoms with van der Waals surface area (Å²) in [6.07, 6.45) is 13.6. The fourth-order valence-electron chi connectivity index (χ4n) is 2.16. The van der Waals surface area contributed by atoms with Crippen molar-refractivity contribution in [2.24, 2.45) is 0 Å². The molecule has 0 aromatic heterocycles. The second-order valence-corrected chi connectivity index (χ2v) is 4.31. The highest BCUT2D eigenvalue weighted by molar-refractivity contribution is 5.62. The molecule has 0 N–H and O–H groups in total. The van der Waals surface area contributed by atoms with E-state index in [1.54, 1.807) is 12.1 Å². The van der Waals surface area contributed by atoms with E-state index in [1.807, 2.05) is 12.1 Å². The highest BCUT2D eigenvalue weighted by atomic mass is 16.1. The van der Waals surface area contributed by atoms with Crippen molar-refractivity contribution in [3.05, 3.63) is 80.4 Å². The molecule has 17 heavy (non-hydrogen) atoms. The second kappa shape index (κ2) is 4.02. The fraction of sp³-hybridized carbons (Fsp3) is 0.0625. The fourth-order valence-corrected chi connectivity index (χ4v) is 2.16. The Morgan fingerprint density at radius 3 is 1.82 bits per heavy atom. The minimum absolute atomic E-state index is 0.0453. The van der Waals surface area contributed by atoms with Crippen LogP contribution in [0.2, 0.25) is 0 Å². The largest absolute Gasteiger partial charge is 0.290 e. The van der Waals surface area contributed by atoms with Crippen LogP contribution in [0.15, 0.2) is 64.5 Å². The molecule has 3 rings (SSSR count). The van der Waals surface area contributed by atoms with Gasteiger partial charge < -0.3 is 0 Å². The third kappa shape index (κ3) is 2.04. The van der Waals surface area contributed by atoms with E-state index in [0.717, 1.165) is 16.9 Å². The Labute approximate surface area is 99.4 Å². The van der Waals surface area contributed by atoms with Crippen LogP contribution < -0.4 is 15.9 Å². The number of hydrogen-bond acceptors (Lipinski definition) is 1. The number of hydrogen-bond donors (Lipinski definition) is 0. The van der Waals surface area contributed by atoms with E-state index < -0.39 is 0 Å². The molecular formula is C16H12O. The summed E-state index contributed by atoms with van der Waals surface area (Å²) < 4.78 is 0. The summed E-state index contributed by atoms with van der Waals surface area (Å²) >= 11 is 0. The zero-order valence-corrected chi connectivity index (χ0v) is 9.39. The highest BCUT2D eigenvalue weighted by Crippen LogP contribution is 2.17. The van der Waals surface area contributed by atoms with Crippen molar-refractivity contribution in [3.63, 3.8) is 0 Å². The van der Waals surface area contributed by atoms with Crippen LogP contribution in [-0.4, -0.2) is 0 Å². The second-order valence-electron chi connectivity index (χ2n) is 4.31. The molecule has 2 aliphatic carbocycles. The maximum atomic E-state index is 11.4. The predicted molar refractivity (Wildman–Crippen MR) is 70.8 cm³/mol. The Kier molecular flexibility index (Phi) is 2.37. The summed E-state index contributed by atoms with van der Waals surface area (Å²) in [5.74, 6) is 0. The summed E-state index contributed by atoms with van der Waals surface area (Å²) in [4.78, 5) is 11.4. The lowest BCUT2D eigenvalue weighted by atomic mass is 10.1. The van der Waals surface area contributed by atoms with Crippen molar-refractivity contribution in [3.8, 4) is 0 Å². The molecule has 0 unspecified atom stereocenters. The lowest BCUT2D eigenvalue weighted by Crippen LogP contribution is -2.21. The molecule has 1 nitrogen and oxygen atoms in total. The third-order valence-corrected chi connectivity index (χ3v) is 3.01. The van der Waals surface area contributed by atoms with Crippen LogP contribution in [0, 0.1) is 0 Å². The van der Waals surface area contributed by atoms with Gasteiger partial charge in [-0.1, -0.05) is 48.6 Å². The van der Waals surface area contributed by atoms with Gasteiger partial charge in [0.25, 0.3) is 0 Å². The maximum Gasteiger partial charge on any atom is 0.178 e. The van der Waals surface area contributed by atoms with Gasteiger partial charge in [0.1, 0.15) is 0 Å². The molecular weight excluding hydrogens is 208 g/mol. The Morgan fingerprint density at radius 2 is 1.29 bits per heavy atom. The van der Waals surface area contributed by atoms with Gasteiger partial charge in [-0.05, 0) is 40.1 Å². The molecule has 0 heterocycles. The smallest absolute Gasteiger partial charge is 0.178 e. The van der Waals surface area contributed by atoms with Crippen LogP contribution in [0.5, 0.6) is 0 Å². The lowest BCUT2D eigenvalue weighted by Gasteiger charge is -1.97. The SMILES string of the molecule is O=c1ccc2c(cc1)=CC1=CC=CC=C(C=2)C1. The molecule has 1 heteroatoms. The van der Waals surface area contributed by atoms with Gasteiger partial charge >= 0.3 is 0 Å². The maximum absolute atomic E-state index is 11.4. The minimum atomic E-state index is 0.0453. The first kappa shape index (κ1) is 10.0. The Balaban J connectivity index is 2.44. The molecule has 1 aromatic rings. The summed E-state index contributed by atoms with van der Waals surface area (Å²) in [6, 6.07) is 7.04. The van der Waals surface area contributed by atoms with Crippen molar-refractivity contribution in [1.29, 1.82) is 0 Å². The summed E-state index contributed by atoms with van der Waals surface area (Å²) in [5.41, 5.74) is 2.60. The summed E-state index contributed by atoms with van der Waals surface area (Å²) in [5, 5.41) is 2.22. The van der Waals surface area contributed by atoms with Gasteiger partial charge in [-0.3, -0.25) is 4.79 Å². The molecule has 0 atom stereocenters. The van der Waals surface area contributed by atoms with E-state index in [2.05, 4.69) is 36.5 Å². The van der Waals surface area contributed by atoms with Crippen molar-refractivity contribution < 1.29 is 0 Å². The Hall–Kier alpha value is -2.15. The van der Waals surface area contributed by atoms with Crippen molar-refractivity contribution in [2.45, 2.75) is 6.42 Å². The van der Waals surface area contributed by atoms with Gasteiger partial charge in [0.15, 0.2) is 5.43 Å². The molecule has 0 saturated carbocycles. The van der Waals surface area contributed by atoms with Crippen LogP contribution in [-0.2, 0) is 0 Å². The molecule has 0 aliphatic heterocycles. The summed E-state index contributed by atoms with van der Waals surface area (Å²) in [6.45, 7) is 0. The molecule has 1 aromatic carbocycles. The van der Waals surface area contributed by atoms with Gasteiger partial charge in [0, 0.05) is 0 Å². The van der Waals surface area contributed by atoms with Gasteiger partial charge in [-0.2, -0.15) is 0 Å². The number of fused-ring (bicyclic) bond motifs is 3. The first-order chi connectivity index (χ1) is 8.31. The molecule has 0 spiro atoms. The van der Waals surface area contributed by atoms with E-state index in [-0.39, 0.29) is 5.43 Å². The minimum Gasteiger partial charge on any atom is -0.290 e. The van der Waals surface area contributed by atoms with Gasteiger partial charge in [0.2, 0.25) is 0 Å². The summed E-state index contributed by atoms with van der Waals surface area (Å²) in [7, 11) is 0. The number of rotatable bonds is 0. The lowest BCUT2D eigenvalue weighted by molar-refractivity contribution is 1.27. The van der Waals surface area contributed by atoms with E-state index >= 15 is 0 Å². The molecule has 0 saturated heterocycles. The molecule has 82 valence electrons. The topological polar surface area (TPSA) is 17.1 Å². The predicted octanol–water partition coefficient (Wildman–Crippen LogP) is 1.43. The molecule has 0 fully saturated rings. The van der Waals surface area contributed by atoms with Crippen LogP contribution in [0.3, 0.4) is 0 Å². The monoisotopic (exact) mass is 220 g/mol. The molecule has 0 radical (unpaired) electrons. The van der Waals surface area contributed by atoms with E-state index in [1.165, 1.54) is 11.1 Å². The van der Waals surface area contributed by atoms with Crippen molar-refractivity contribution in [2.75, 3.05) is 0 Å². The van der Waals surface area contributed by atoms with Gasteiger partial charge in [0.05, 0.1) is 0 Å². The van der Waals surface area contributed by atoms with E-state index in [9.17, 15) is 4.79 Å². The standard InChI is InChI=1S/C16H12O/c17-16-7-5-14-10-12-3-1-2-4-13(9-12)11-15(14)6-8-16/h1-8,10-11H,9H2. The zero-order valence-electron chi connectivity index (χ0n) is 9.39. The van der Waals surface area contributed by atoms with E-state index in [0.29, 0.717) is 0 Å². The first-order valence-corrected chi connectivity index (χ1v) is 5.71. The van der Waals surface area contributed by atoms with Crippen LogP contribution in [0.25, 0.3) is 12.2 Å². The van der Waals surface area contributed by atoms with Crippen LogP contribution in [0.1, 0.15) is 6.42 Å². The third-order valence-electron chi connectivity index (χ3n) is 3.01. The Morgan fingerprint density at radius 1 is 0.765 bits per heavy atom. The Bertz CT molecular complexity index is 671. The molecule has 0 amide bonds. The average molecular weight is 220 g/mol. The number of allylic oxidation sites excluding steroid dienone is 6. The van der Waals surface area contributed by atoms with Crippen molar-refractivity contribution in [1.82, 2.24) is 0 Å². The van der Waals surface area contributed by atoms with Gasteiger partial charge in [-0.15, -0.1) is 0 Å². The normalized spacial score (nSPS) is 16.5. The highest BCUT2D eigenvalue weighted by Gasteiger charge is 2.03. The van der Waals surface area contributed by atoms with Crippen LogP contribution in [0.4, 0.5) is 0 Å². The quantitative estimate of drug-likeness (QED) is 0.646. The first-order valence-electron chi connectivity index (χ1n) is 5.71. The van der Waals surface area contributed by atoms with E-state index in [4.69, 9.17) is 0 Å². The average Bonchev–Trinajstić information content (AvgIpc) is 2.70. The van der Waals surface area contributed by atoms with Gasteiger partial charge in [-0.25, -0.2) is 0 Å².